The zero-order valence-electron chi connectivity index (χ0n) is 11.5. The summed E-state index contributed by atoms with van der Waals surface area (Å²) in [5.41, 5.74) is 6.64. The first kappa shape index (κ1) is 15.3. The van der Waals surface area contributed by atoms with Crippen molar-refractivity contribution in [1.29, 1.82) is 0 Å². The summed E-state index contributed by atoms with van der Waals surface area (Å²) in [7, 11) is 0. The number of anilines is 3. The maximum absolute atomic E-state index is 5.95. The highest BCUT2D eigenvalue weighted by Gasteiger charge is 2.18. The number of aromatic nitrogens is 2. The summed E-state index contributed by atoms with van der Waals surface area (Å²) in [4.78, 5) is 8.81. The van der Waals surface area contributed by atoms with Crippen molar-refractivity contribution in [3.05, 3.63) is 38.7 Å². The minimum absolute atomic E-state index is 0.154. The Morgan fingerprint density at radius 1 is 1.20 bits per heavy atom. The molecule has 1 aromatic heterocycles. The second-order valence-electron chi connectivity index (χ2n) is 5.50. The third-order valence-corrected chi connectivity index (χ3v) is 3.74. The summed E-state index contributed by atoms with van der Waals surface area (Å²) in [5, 5.41) is 3.96. The number of nitrogens with zero attached hydrogens (tertiary/aromatic N) is 2. The van der Waals surface area contributed by atoms with Gasteiger partial charge in [0, 0.05) is 20.1 Å². The summed E-state index contributed by atoms with van der Waals surface area (Å²) < 4.78 is 1.02. The maximum atomic E-state index is 5.95. The lowest BCUT2D eigenvalue weighted by molar-refractivity contribution is 0.547. The minimum atomic E-state index is -0.154. The predicted octanol–water partition coefficient (Wildman–Crippen LogP) is 4.36. The SMILES string of the molecule is CC(C)(C)c1nc(N)cc(Nc2ccc(Cl)cc2I)n1. The van der Waals surface area contributed by atoms with Gasteiger partial charge in [-0.2, -0.15) is 0 Å². The van der Waals surface area contributed by atoms with E-state index in [1.54, 1.807) is 6.07 Å². The normalized spacial score (nSPS) is 11.4. The Balaban J connectivity index is 2.36. The van der Waals surface area contributed by atoms with E-state index in [0.29, 0.717) is 22.5 Å². The van der Waals surface area contributed by atoms with Crippen molar-refractivity contribution in [2.75, 3.05) is 11.1 Å². The monoisotopic (exact) mass is 402 g/mol. The van der Waals surface area contributed by atoms with E-state index in [4.69, 9.17) is 17.3 Å². The molecule has 0 aliphatic heterocycles. The van der Waals surface area contributed by atoms with Crippen LogP contribution in [-0.4, -0.2) is 9.97 Å². The Kier molecular flexibility index (Phi) is 4.39. The van der Waals surface area contributed by atoms with Crippen molar-refractivity contribution in [3.8, 4) is 0 Å². The van der Waals surface area contributed by atoms with Gasteiger partial charge in [-0.15, -0.1) is 0 Å². The Morgan fingerprint density at radius 2 is 1.90 bits per heavy atom. The van der Waals surface area contributed by atoms with Crippen LogP contribution in [0.5, 0.6) is 0 Å². The molecule has 4 nitrogen and oxygen atoms in total. The fourth-order valence-electron chi connectivity index (χ4n) is 1.59. The van der Waals surface area contributed by atoms with E-state index in [1.165, 1.54) is 0 Å². The third kappa shape index (κ3) is 3.73. The van der Waals surface area contributed by atoms with Crippen molar-refractivity contribution >= 4 is 51.5 Å². The molecule has 6 heteroatoms. The highest BCUT2D eigenvalue weighted by Crippen LogP contribution is 2.27. The number of benzene rings is 1. The van der Waals surface area contributed by atoms with Crippen molar-refractivity contribution < 1.29 is 0 Å². The van der Waals surface area contributed by atoms with Crippen molar-refractivity contribution in [2.45, 2.75) is 26.2 Å². The van der Waals surface area contributed by atoms with E-state index in [2.05, 4.69) is 58.6 Å². The van der Waals surface area contributed by atoms with Crippen LogP contribution in [0.4, 0.5) is 17.3 Å². The first-order chi connectivity index (χ1) is 9.25. The molecule has 2 rings (SSSR count). The second kappa shape index (κ2) is 5.73. The van der Waals surface area contributed by atoms with Crippen LogP contribution in [0, 0.1) is 3.57 Å². The molecule has 3 N–H and O–H groups in total. The van der Waals surface area contributed by atoms with Crippen LogP contribution >= 0.6 is 34.2 Å². The van der Waals surface area contributed by atoms with Gasteiger partial charge in [-0.25, -0.2) is 9.97 Å². The van der Waals surface area contributed by atoms with Crippen molar-refractivity contribution in [3.63, 3.8) is 0 Å². The summed E-state index contributed by atoms with van der Waals surface area (Å²) in [5.74, 6) is 1.85. The largest absolute Gasteiger partial charge is 0.384 e. The lowest BCUT2D eigenvalue weighted by Crippen LogP contribution is -2.17. The standard InChI is InChI=1S/C14H16ClIN4/c1-14(2,3)13-19-11(17)7-12(20-13)18-10-5-4-8(15)6-9(10)16/h4-7H,1-3H3,(H3,17,18,19,20). The third-order valence-electron chi connectivity index (χ3n) is 2.61. The zero-order chi connectivity index (χ0) is 14.9. The lowest BCUT2D eigenvalue weighted by atomic mass is 9.96. The van der Waals surface area contributed by atoms with Gasteiger partial charge in [0.2, 0.25) is 0 Å². The van der Waals surface area contributed by atoms with Crippen LogP contribution in [0.2, 0.25) is 5.02 Å². The molecule has 0 unspecified atom stereocenters. The van der Waals surface area contributed by atoms with Crippen LogP contribution in [0.15, 0.2) is 24.3 Å². The average Bonchev–Trinajstić information content (AvgIpc) is 2.31. The summed E-state index contributed by atoms with van der Waals surface area (Å²) in [6.07, 6.45) is 0. The van der Waals surface area contributed by atoms with Gasteiger partial charge >= 0.3 is 0 Å². The molecule has 20 heavy (non-hydrogen) atoms. The smallest absolute Gasteiger partial charge is 0.138 e. The number of nitrogens with one attached hydrogen (secondary N) is 1. The van der Waals surface area contributed by atoms with Gasteiger partial charge in [-0.3, -0.25) is 0 Å². The first-order valence-corrected chi connectivity index (χ1v) is 7.58. The Hall–Kier alpha value is -1.08. The van der Waals surface area contributed by atoms with E-state index in [-0.39, 0.29) is 5.41 Å². The molecule has 0 aliphatic rings. The minimum Gasteiger partial charge on any atom is -0.384 e. The number of hydrogen-bond donors (Lipinski definition) is 2. The van der Waals surface area contributed by atoms with Crippen molar-refractivity contribution in [2.24, 2.45) is 0 Å². The van der Waals surface area contributed by atoms with Crippen LogP contribution in [0.1, 0.15) is 26.6 Å². The number of rotatable bonds is 2. The highest BCUT2D eigenvalue weighted by molar-refractivity contribution is 14.1. The molecule has 0 atom stereocenters. The molecule has 0 bridgehead atoms. The van der Waals surface area contributed by atoms with Crippen LogP contribution in [0.25, 0.3) is 0 Å². The molecule has 0 aliphatic carbocycles. The lowest BCUT2D eigenvalue weighted by Gasteiger charge is -2.18. The van der Waals surface area contributed by atoms with E-state index in [0.717, 1.165) is 9.26 Å². The van der Waals surface area contributed by atoms with Crippen LogP contribution < -0.4 is 11.1 Å². The fraction of sp³-hybridized carbons (Fsp3) is 0.286. The molecule has 2 aromatic rings. The molecule has 0 saturated heterocycles. The molecule has 0 saturated carbocycles. The van der Waals surface area contributed by atoms with Gasteiger partial charge < -0.3 is 11.1 Å². The molecule has 0 radical (unpaired) electrons. The molecular weight excluding hydrogens is 387 g/mol. The van der Waals surface area contributed by atoms with Gasteiger partial charge in [0.05, 0.1) is 5.69 Å². The van der Waals surface area contributed by atoms with E-state index >= 15 is 0 Å². The van der Waals surface area contributed by atoms with Gasteiger partial charge in [0.15, 0.2) is 0 Å². The molecule has 1 heterocycles. The molecule has 1 aromatic carbocycles. The van der Waals surface area contributed by atoms with E-state index in [1.807, 2.05) is 18.2 Å². The Morgan fingerprint density at radius 3 is 2.50 bits per heavy atom. The first-order valence-electron chi connectivity index (χ1n) is 6.13. The second-order valence-corrected chi connectivity index (χ2v) is 7.10. The van der Waals surface area contributed by atoms with Crippen LogP contribution in [0.3, 0.4) is 0 Å². The highest BCUT2D eigenvalue weighted by atomic mass is 127. The van der Waals surface area contributed by atoms with Gasteiger partial charge in [0.25, 0.3) is 0 Å². The van der Waals surface area contributed by atoms with Gasteiger partial charge in [0.1, 0.15) is 17.5 Å². The van der Waals surface area contributed by atoms with Crippen LogP contribution in [-0.2, 0) is 5.41 Å². The molecule has 106 valence electrons. The summed E-state index contributed by atoms with van der Waals surface area (Å²) in [6, 6.07) is 7.36. The van der Waals surface area contributed by atoms with Gasteiger partial charge in [-0.1, -0.05) is 32.4 Å². The molecule has 0 fully saturated rings. The van der Waals surface area contributed by atoms with Gasteiger partial charge in [-0.05, 0) is 40.8 Å². The molecular formula is C14H16ClIN4. The Labute approximate surface area is 137 Å². The fourth-order valence-corrected chi connectivity index (χ4v) is 2.60. The van der Waals surface area contributed by atoms with E-state index in [9.17, 15) is 0 Å². The number of halogens is 2. The average molecular weight is 403 g/mol. The summed E-state index contributed by atoms with van der Waals surface area (Å²) >= 11 is 8.18. The number of nitrogen functional groups attached to an aromatic ring is 1. The maximum Gasteiger partial charge on any atom is 0.138 e. The quantitative estimate of drug-likeness (QED) is 0.733. The van der Waals surface area contributed by atoms with E-state index < -0.39 is 0 Å². The topological polar surface area (TPSA) is 63.8 Å². The number of nitrogens with two attached hydrogens (primary N) is 1. The number of hydrogen-bond acceptors (Lipinski definition) is 4. The molecule has 0 spiro atoms. The molecule has 0 amide bonds. The Bertz CT molecular complexity index is 638. The predicted molar refractivity (Wildman–Crippen MR) is 92.6 cm³/mol. The zero-order valence-corrected chi connectivity index (χ0v) is 14.5. The van der Waals surface area contributed by atoms with Crippen molar-refractivity contribution in [1.82, 2.24) is 9.97 Å². The summed E-state index contributed by atoms with van der Waals surface area (Å²) in [6.45, 7) is 6.16.